The number of ketones is 2. The molecule has 2 atom stereocenters. The topological polar surface area (TPSA) is 190 Å². The Labute approximate surface area is 547 Å². The molecule has 2 aromatic carbocycles. The van der Waals surface area contributed by atoms with Crippen LogP contribution in [-0.2, 0) is 16.0 Å². The quantitative estimate of drug-likeness (QED) is 0.0499. The molecule has 2 N–H and O–H groups in total. The molecule has 19 nitrogen and oxygen atoms in total. The van der Waals surface area contributed by atoms with E-state index in [1.165, 1.54) is 130 Å². The molecule has 2 saturated heterocycles. The number of piperazine rings is 2. The summed E-state index contributed by atoms with van der Waals surface area (Å²) in [6.07, 6.45) is 21.8. The van der Waals surface area contributed by atoms with Crippen molar-refractivity contribution >= 4 is 63.7 Å². The van der Waals surface area contributed by atoms with Crippen molar-refractivity contribution in [1.29, 1.82) is 0 Å². The van der Waals surface area contributed by atoms with Crippen molar-refractivity contribution in [2.75, 3.05) is 119 Å². The van der Waals surface area contributed by atoms with E-state index < -0.39 is 0 Å². The number of fused-ring (bicyclic) bond motifs is 2. The van der Waals surface area contributed by atoms with Gasteiger partial charge in [0.15, 0.2) is 23.2 Å². The first-order valence-corrected chi connectivity index (χ1v) is 34.8. The van der Waals surface area contributed by atoms with Crippen LogP contribution in [0.2, 0.25) is 5.28 Å². The zero-order chi connectivity index (χ0) is 64.6. The molecule has 0 bridgehead atoms. The van der Waals surface area contributed by atoms with E-state index in [1.807, 2.05) is 56.9 Å². The second-order valence-corrected chi connectivity index (χ2v) is 28.1. The number of aromatic nitrogens is 4. The highest BCUT2D eigenvalue weighted by molar-refractivity contribution is 6.28. The fourth-order valence-corrected chi connectivity index (χ4v) is 15.2. The van der Waals surface area contributed by atoms with Gasteiger partial charge >= 0.3 is 0 Å². The van der Waals surface area contributed by atoms with Gasteiger partial charge in [-0.1, -0.05) is 26.0 Å². The number of Topliss-reactive ketones (excluding diaryl/α,β-unsaturated/α-hetero) is 2. The summed E-state index contributed by atoms with van der Waals surface area (Å²) in [4.78, 5) is 87.4. The Hall–Kier alpha value is -5.99. The fraction of sp³-hybridized carbons (Fsp3) is 0.662. The molecule has 6 fully saturated rings. The third-order valence-electron chi connectivity index (χ3n) is 20.9. The number of carbonyl (C=O) groups excluding carboxylic acids is 4. The third kappa shape index (κ3) is 16.7. The summed E-state index contributed by atoms with van der Waals surface area (Å²) in [5.74, 6) is 6.99. The number of nitrogens with two attached hydrogens (primary N) is 1. The van der Waals surface area contributed by atoms with Crippen LogP contribution in [0.5, 0.6) is 11.5 Å². The normalized spacial score (nSPS) is 24.3. The molecule has 4 saturated carbocycles. The molecule has 2 aromatic heterocycles. The van der Waals surface area contributed by atoms with E-state index in [4.69, 9.17) is 31.8 Å². The number of ether oxygens (including phenoxy) is 2. The van der Waals surface area contributed by atoms with Gasteiger partial charge in [0, 0.05) is 140 Å². The van der Waals surface area contributed by atoms with Crippen molar-refractivity contribution < 1.29 is 28.7 Å². The zero-order valence-corrected chi connectivity index (χ0v) is 57.0. The van der Waals surface area contributed by atoms with Crippen LogP contribution >= 0.6 is 11.6 Å². The van der Waals surface area contributed by atoms with Crippen LogP contribution in [0, 0.1) is 23.7 Å². The van der Waals surface area contributed by atoms with E-state index in [0.29, 0.717) is 77.8 Å². The highest BCUT2D eigenvalue weighted by atomic mass is 35.5. The number of halogens is 1. The lowest BCUT2D eigenvalue weighted by atomic mass is 9.81. The lowest BCUT2D eigenvalue weighted by molar-refractivity contribution is -0.120. The van der Waals surface area contributed by atoms with Crippen molar-refractivity contribution in [3.63, 3.8) is 0 Å². The van der Waals surface area contributed by atoms with Gasteiger partial charge < -0.3 is 44.6 Å². The van der Waals surface area contributed by atoms with Gasteiger partial charge in [0.25, 0.3) is 0 Å². The Morgan fingerprint density at radius 3 is 1.42 bits per heavy atom. The lowest BCUT2D eigenvalue weighted by Gasteiger charge is -2.42. The summed E-state index contributed by atoms with van der Waals surface area (Å²) in [6, 6.07) is 12.5. The average Bonchev–Trinajstić information content (AvgIpc) is 1.50. The molecular formula is C71H104ClN13O6. The fourth-order valence-electron chi connectivity index (χ4n) is 15.1. The van der Waals surface area contributed by atoms with Gasteiger partial charge in [-0.15, -0.1) is 0 Å². The summed E-state index contributed by atoms with van der Waals surface area (Å²) in [6.45, 7) is 24.7. The number of likely N-dealkylation sites (N-methyl/N-ethyl adjacent to an activating group) is 2. The van der Waals surface area contributed by atoms with Gasteiger partial charge in [-0.2, -0.15) is 4.98 Å². The first-order valence-electron chi connectivity index (χ1n) is 34.4. The Bertz CT molecular complexity index is 3130. The van der Waals surface area contributed by atoms with Crippen LogP contribution in [0.1, 0.15) is 176 Å². The molecule has 6 heterocycles. The summed E-state index contributed by atoms with van der Waals surface area (Å²) in [5.41, 5.74) is 10.3. The maximum atomic E-state index is 13.4. The summed E-state index contributed by atoms with van der Waals surface area (Å²) < 4.78 is 11.0. The number of rotatable bonds is 20. The van der Waals surface area contributed by atoms with E-state index in [1.54, 1.807) is 62.6 Å². The largest absolute Gasteiger partial charge is 0.496 e. The van der Waals surface area contributed by atoms with E-state index >= 15 is 0 Å². The average molecular weight is 1270 g/mol. The summed E-state index contributed by atoms with van der Waals surface area (Å²) in [7, 11) is 6.79. The van der Waals surface area contributed by atoms with Gasteiger partial charge in [0.1, 0.15) is 40.8 Å². The molecular weight excluding hydrogens is 1170 g/mol. The number of amides is 2. The van der Waals surface area contributed by atoms with Crippen molar-refractivity contribution in [3.8, 4) is 11.5 Å². The van der Waals surface area contributed by atoms with Crippen molar-refractivity contribution in [3.05, 3.63) is 76.6 Å². The molecule has 4 aliphatic heterocycles. The first-order chi connectivity index (χ1) is 43.8. The van der Waals surface area contributed by atoms with Crippen LogP contribution in [0.25, 0.3) is 0 Å². The number of methoxy groups -OCH3 is 2. The van der Waals surface area contributed by atoms with E-state index in [-0.39, 0.29) is 52.8 Å². The molecule has 8 aliphatic rings. The predicted octanol–water partition coefficient (Wildman–Crippen LogP) is 10.7. The number of hydrogen-bond donors (Lipinski definition) is 1. The van der Waals surface area contributed by atoms with E-state index in [9.17, 15) is 19.2 Å². The minimum atomic E-state index is -0.243. The number of nitrogen functional groups attached to an aromatic ring is 1. The smallest absolute Gasteiger partial charge is 0.249 e. The molecule has 0 unspecified atom stereocenters. The molecule has 12 rings (SSSR count). The monoisotopic (exact) mass is 1270 g/mol. The Kier molecular flexibility index (Phi) is 23.0. The summed E-state index contributed by atoms with van der Waals surface area (Å²) >= 11 is 5.87. The van der Waals surface area contributed by atoms with Crippen molar-refractivity contribution in [2.24, 2.45) is 23.7 Å². The van der Waals surface area contributed by atoms with Gasteiger partial charge in [0.05, 0.1) is 32.3 Å². The zero-order valence-electron chi connectivity index (χ0n) is 56.3. The Balaban J connectivity index is 0.000000167. The van der Waals surface area contributed by atoms with Crippen molar-refractivity contribution in [1.82, 2.24) is 39.5 Å². The lowest BCUT2D eigenvalue weighted by Crippen LogP contribution is -2.55. The Morgan fingerprint density at radius 2 is 0.989 bits per heavy atom. The molecule has 496 valence electrons. The number of nitrogens with zero attached hydrogens (tertiary/aromatic N) is 12. The SMILES string of the molecule is CC[C@@H]1C(=O)N(C)c2cnc(Cc3ccc(C(=O)CC4CCC(N5CCN(CC6CC6)CC5)CC4)cc3OC)nc2N1C(C)C.CC[C@@H]1C(=O)N(C)c2cnc(Cl)nc2N1C(C)C.COc1cc(C(=O)CC2CCC(N3CCN(CC4CC4)CC3)CC2)ccc1N. The second kappa shape index (κ2) is 30.8. The van der Waals surface area contributed by atoms with Crippen LogP contribution in [0.15, 0.2) is 48.8 Å². The molecule has 2 amide bonds. The van der Waals surface area contributed by atoms with Gasteiger partial charge in [-0.05, 0) is 177 Å². The molecule has 0 radical (unpaired) electrons. The van der Waals surface area contributed by atoms with E-state index in [0.717, 1.165) is 65.6 Å². The van der Waals surface area contributed by atoms with Crippen molar-refractivity contribution in [2.45, 2.75) is 187 Å². The maximum Gasteiger partial charge on any atom is 0.249 e. The molecule has 0 spiro atoms. The van der Waals surface area contributed by atoms with Gasteiger partial charge in [0.2, 0.25) is 17.1 Å². The van der Waals surface area contributed by atoms with Crippen LogP contribution < -0.4 is 34.8 Å². The van der Waals surface area contributed by atoms with Gasteiger partial charge in [-0.25, -0.2) is 15.0 Å². The first kappa shape index (κ1) is 67.9. The second-order valence-electron chi connectivity index (χ2n) is 27.8. The van der Waals surface area contributed by atoms with Crippen LogP contribution in [-0.4, -0.2) is 193 Å². The third-order valence-corrected chi connectivity index (χ3v) is 21.1. The minimum absolute atomic E-state index is 0.0717. The number of benzene rings is 2. The standard InChI is InChI=1S/C36H52N6O3.C23H35N3O2.C12H17ClN4O/c1-6-30-36(44)39(4)31-22-37-34(38-35(31)42(30)24(2)3)21-28-12-11-27(20-33(28)45-5)32(43)19-25-9-13-29(14-10-25)41-17-15-40(16-18-41)23-26-7-8-26;1-28-23-15-19(6-9-21(23)24)22(27)14-17-4-7-20(8-5-17)26-12-10-25(11-13-26)16-18-2-3-18;1-5-8-11(18)16(4)9-6-14-12(13)15-10(9)17(8)7(2)3/h11-12,20,22,24-26,29-30H,6-10,13-19,21,23H2,1-5H3;6,9,15,17-18,20H,2-5,7-8,10-14,16,24H2,1H3;6-8H,5H2,1-4H3/t25?,29?,30-;;8-/m1.1/s1. The minimum Gasteiger partial charge on any atom is -0.496 e. The molecule has 4 aromatic rings. The van der Waals surface area contributed by atoms with Crippen LogP contribution in [0.3, 0.4) is 0 Å². The highest BCUT2D eigenvalue weighted by Gasteiger charge is 2.41. The molecule has 91 heavy (non-hydrogen) atoms. The Morgan fingerprint density at radius 1 is 0.571 bits per heavy atom. The summed E-state index contributed by atoms with van der Waals surface area (Å²) in [5, 5.41) is 0.206. The van der Waals surface area contributed by atoms with E-state index in [2.05, 4.69) is 53.3 Å². The number of anilines is 5. The maximum absolute atomic E-state index is 13.4. The number of carbonyl (C=O) groups is 4. The predicted molar refractivity (Wildman–Crippen MR) is 363 cm³/mol. The van der Waals surface area contributed by atoms with Gasteiger partial charge in [-0.3, -0.25) is 29.0 Å². The van der Waals surface area contributed by atoms with Crippen LogP contribution in [0.4, 0.5) is 28.7 Å². The number of hydrogen-bond acceptors (Lipinski definition) is 17. The highest BCUT2D eigenvalue weighted by Crippen LogP contribution is 2.40. The molecule has 20 heteroatoms. The molecule has 4 aliphatic carbocycles.